The smallest absolute Gasteiger partial charge is 0.243 e. The third kappa shape index (κ3) is 4.90. The number of hydrogen-bond acceptors (Lipinski definition) is 4. The van der Waals surface area contributed by atoms with Crippen LogP contribution in [0.2, 0.25) is 8.67 Å². The van der Waals surface area contributed by atoms with Gasteiger partial charge in [-0.1, -0.05) is 23.2 Å². The molecule has 2 N–H and O–H groups in total. The SMILES string of the molecule is CNC(C)CNS(=O)(=O)c1cc(Cl)sc1Cl.Cl. The summed E-state index contributed by atoms with van der Waals surface area (Å²) in [5, 5.41) is 2.93. The molecule has 1 rings (SSSR count). The Morgan fingerprint density at radius 3 is 2.47 bits per heavy atom. The largest absolute Gasteiger partial charge is 0.316 e. The van der Waals surface area contributed by atoms with Crippen molar-refractivity contribution in [2.45, 2.75) is 17.9 Å². The molecule has 0 fully saturated rings. The van der Waals surface area contributed by atoms with Crippen molar-refractivity contribution in [3.8, 4) is 0 Å². The van der Waals surface area contributed by atoms with Gasteiger partial charge in [-0.25, -0.2) is 13.1 Å². The van der Waals surface area contributed by atoms with E-state index in [4.69, 9.17) is 23.2 Å². The van der Waals surface area contributed by atoms with E-state index in [0.717, 1.165) is 11.3 Å². The molecule has 1 unspecified atom stereocenters. The van der Waals surface area contributed by atoms with Crippen molar-refractivity contribution in [3.05, 3.63) is 14.7 Å². The van der Waals surface area contributed by atoms with Crippen LogP contribution in [0.15, 0.2) is 11.0 Å². The Kier molecular flexibility index (Phi) is 7.32. The molecule has 1 atom stereocenters. The van der Waals surface area contributed by atoms with Gasteiger partial charge in [-0.2, -0.15) is 0 Å². The predicted octanol–water partition coefficient (Wildman–Crippen LogP) is 2.36. The van der Waals surface area contributed by atoms with Gasteiger partial charge in [0.15, 0.2) is 0 Å². The second kappa shape index (κ2) is 7.13. The molecule has 0 aliphatic carbocycles. The van der Waals surface area contributed by atoms with Crippen molar-refractivity contribution in [1.82, 2.24) is 10.0 Å². The number of thiophene rings is 1. The van der Waals surface area contributed by atoms with Crippen LogP contribution in [0.3, 0.4) is 0 Å². The van der Waals surface area contributed by atoms with Crippen molar-refractivity contribution in [2.75, 3.05) is 13.6 Å². The molecule has 1 aromatic rings. The minimum Gasteiger partial charge on any atom is -0.316 e. The lowest BCUT2D eigenvalue weighted by atomic mass is 10.4. The van der Waals surface area contributed by atoms with E-state index >= 15 is 0 Å². The van der Waals surface area contributed by atoms with E-state index in [9.17, 15) is 8.42 Å². The zero-order valence-corrected chi connectivity index (χ0v) is 13.1. The monoisotopic (exact) mass is 338 g/mol. The zero-order valence-electron chi connectivity index (χ0n) is 9.16. The summed E-state index contributed by atoms with van der Waals surface area (Å²) >= 11 is 12.5. The molecule has 0 aromatic carbocycles. The van der Waals surface area contributed by atoms with Gasteiger partial charge < -0.3 is 5.32 Å². The first kappa shape index (κ1) is 17.4. The molecule has 0 saturated heterocycles. The molecule has 0 saturated carbocycles. The van der Waals surface area contributed by atoms with E-state index in [1.165, 1.54) is 6.07 Å². The van der Waals surface area contributed by atoms with Gasteiger partial charge in [0.25, 0.3) is 0 Å². The molecule has 0 spiro atoms. The first-order valence-corrected chi connectivity index (χ1v) is 7.54. The van der Waals surface area contributed by atoms with Crippen LogP contribution in [0.25, 0.3) is 0 Å². The van der Waals surface area contributed by atoms with Crippen molar-refractivity contribution >= 4 is 57.0 Å². The van der Waals surface area contributed by atoms with Gasteiger partial charge in [0.1, 0.15) is 9.23 Å². The van der Waals surface area contributed by atoms with Crippen LogP contribution in [0.4, 0.5) is 0 Å². The Balaban J connectivity index is 0.00000256. The summed E-state index contributed by atoms with van der Waals surface area (Å²) in [4.78, 5) is 0.0347. The molecule has 4 nitrogen and oxygen atoms in total. The number of rotatable bonds is 5. The summed E-state index contributed by atoms with van der Waals surface area (Å²) in [7, 11) is -1.81. The van der Waals surface area contributed by atoms with E-state index in [0.29, 0.717) is 10.9 Å². The Bertz CT molecular complexity index is 461. The lowest BCUT2D eigenvalue weighted by molar-refractivity contribution is 0.554. The average molecular weight is 340 g/mol. The van der Waals surface area contributed by atoms with Gasteiger partial charge in [-0.05, 0) is 20.0 Å². The molecule has 100 valence electrons. The fourth-order valence-corrected chi connectivity index (χ4v) is 4.20. The second-order valence-corrected chi connectivity index (χ2v) is 7.25. The van der Waals surface area contributed by atoms with Crippen LogP contribution in [0.5, 0.6) is 0 Å². The Morgan fingerprint density at radius 2 is 2.06 bits per heavy atom. The van der Waals surface area contributed by atoms with E-state index in [2.05, 4.69) is 10.0 Å². The number of hydrogen-bond donors (Lipinski definition) is 2. The predicted molar refractivity (Wildman–Crippen MR) is 75.3 cm³/mol. The average Bonchev–Trinajstić information content (AvgIpc) is 2.55. The first-order chi connectivity index (χ1) is 7.36. The topological polar surface area (TPSA) is 58.2 Å². The van der Waals surface area contributed by atoms with Gasteiger partial charge in [0.05, 0.1) is 4.34 Å². The highest BCUT2D eigenvalue weighted by Crippen LogP contribution is 2.33. The molecule has 0 amide bonds. The van der Waals surface area contributed by atoms with Gasteiger partial charge >= 0.3 is 0 Å². The van der Waals surface area contributed by atoms with E-state index in [1.807, 2.05) is 6.92 Å². The van der Waals surface area contributed by atoms with Gasteiger partial charge in [-0.3, -0.25) is 0 Å². The van der Waals surface area contributed by atoms with Crippen molar-refractivity contribution in [1.29, 1.82) is 0 Å². The molecule has 1 aromatic heterocycles. The molecular weight excluding hydrogens is 327 g/mol. The van der Waals surface area contributed by atoms with Crippen LogP contribution in [0, 0.1) is 0 Å². The summed E-state index contributed by atoms with van der Waals surface area (Å²) in [6.07, 6.45) is 0. The van der Waals surface area contributed by atoms with Crippen molar-refractivity contribution < 1.29 is 8.42 Å². The second-order valence-electron chi connectivity index (χ2n) is 3.23. The summed E-state index contributed by atoms with van der Waals surface area (Å²) in [6.45, 7) is 2.16. The minimum absolute atomic E-state index is 0. The van der Waals surface area contributed by atoms with Gasteiger partial charge in [0.2, 0.25) is 10.0 Å². The summed E-state index contributed by atoms with van der Waals surface area (Å²) < 4.78 is 26.6. The van der Waals surface area contributed by atoms with Crippen LogP contribution >= 0.6 is 46.9 Å². The van der Waals surface area contributed by atoms with E-state index < -0.39 is 10.0 Å². The standard InChI is InChI=1S/C8H12Cl2N2O2S2.ClH/c1-5(11-2)4-12-16(13,14)6-3-7(9)15-8(6)10;/h3,5,11-12H,4H2,1-2H3;1H. The lowest BCUT2D eigenvalue weighted by Gasteiger charge is -2.11. The summed E-state index contributed by atoms with van der Waals surface area (Å²) in [6, 6.07) is 1.39. The van der Waals surface area contributed by atoms with Crippen LogP contribution in [0.1, 0.15) is 6.92 Å². The number of sulfonamides is 1. The maximum absolute atomic E-state index is 11.8. The molecule has 0 bridgehead atoms. The minimum atomic E-state index is -3.57. The van der Waals surface area contributed by atoms with E-state index in [1.54, 1.807) is 7.05 Å². The summed E-state index contributed by atoms with van der Waals surface area (Å²) in [5.41, 5.74) is 0. The number of likely N-dealkylation sites (N-methyl/N-ethyl adjacent to an activating group) is 1. The lowest BCUT2D eigenvalue weighted by Crippen LogP contribution is -2.37. The number of halogens is 3. The zero-order chi connectivity index (χ0) is 12.3. The normalized spacial score (nSPS) is 13.2. The van der Waals surface area contributed by atoms with Gasteiger partial charge in [0, 0.05) is 12.6 Å². The highest BCUT2D eigenvalue weighted by Gasteiger charge is 2.20. The fourth-order valence-electron chi connectivity index (χ4n) is 0.923. The Hall–Kier alpha value is 0.440. The van der Waals surface area contributed by atoms with Crippen molar-refractivity contribution in [2.24, 2.45) is 0 Å². The van der Waals surface area contributed by atoms with Crippen LogP contribution < -0.4 is 10.0 Å². The molecule has 0 radical (unpaired) electrons. The molecule has 9 heteroatoms. The first-order valence-electron chi connectivity index (χ1n) is 4.48. The van der Waals surface area contributed by atoms with Crippen LogP contribution in [-0.4, -0.2) is 28.1 Å². The highest BCUT2D eigenvalue weighted by molar-refractivity contribution is 7.89. The third-order valence-corrected chi connectivity index (χ3v) is 5.16. The maximum atomic E-state index is 11.8. The highest BCUT2D eigenvalue weighted by atomic mass is 35.5. The quantitative estimate of drug-likeness (QED) is 0.866. The molecule has 0 aliphatic heterocycles. The fraction of sp³-hybridized carbons (Fsp3) is 0.500. The molecule has 0 aliphatic rings. The summed E-state index contributed by atoms with van der Waals surface area (Å²) in [5.74, 6) is 0. The molecule has 1 heterocycles. The maximum Gasteiger partial charge on any atom is 0.243 e. The third-order valence-electron chi connectivity index (χ3n) is 1.99. The molecule has 17 heavy (non-hydrogen) atoms. The van der Waals surface area contributed by atoms with Crippen molar-refractivity contribution in [3.63, 3.8) is 0 Å². The van der Waals surface area contributed by atoms with Gasteiger partial charge in [-0.15, -0.1) is 23.7 Å². The van der Waals surface area contributed by atoms with E-state index in [-0.39, 0.29) is 27.7 Å². The van der Waals surface area contributed by atoms with Crippen LogP contribution in [-0.2, 0) is 10.0 Å². The Labute approximate surface area is 121 Å². The molecular formula is C8H13Cl3N2O2S2. The Morgan fingerprint density at radius 1 is 1.47 bits per heavy atom. The number of nitrogens with one attached hydrogen (secondary N) is 2.